The highest BCUT2D eigenvalue weighted by Crippen LogP contribution is 2.35. The number of carbonyl (C=O) groups excluding carboxylic acids is 1. The number of methoxy groups -OCH3 is 1. The van der Waals surface area contributed by atoms with Crippen molar-refractivity contribution in [3.63, 3.8) is 0 Å². The van der Waals surface area contributed by atoms with Gasteiger partial charge in [-0.3, -0.25) is 14.8 Å². The number of carbonyl (C=O) groups is 1. The van der Waals surface area contributed by atoms with Gasteiger partial charge in [0.25, 0.3) is 0 Å². The number of fused-ring (bicyclic) bond motifs is 1. The lowest BCUT2D eigenvalue weighted by Gasteiger charge is -2.37. The third kappa shape index (κ3) is 3.49. The first-order valence-electron chi connectivity index (χ1n) is 9.36. The Bertz CT molecular complexity index is 861. The second-order valence-corrected chi connectivity index (χ2v) is 7.49. The normalized spacial score (nSPS) is 22.9. The molecule has 5 heteroatoms. The Morgan fingerprint density at radius 1 is 1.31 bits per heavy atom. The van der Waals surface area contributed by atoms with Crippen molar-refractivity contribution < 1.29 is 9.53 Å². The fraction of sp³-hybridized carbons (Fsp3) is 0.476. The van der Waals surface area contributed by atoms with E-state index in [2.05, 4.69) is 40.0 Å². The van der Waals surface area contributed by atoms with Crippen molar-refractivity contribution in [1.82, 2.24) is 9.88 Å². The molecule has 2 atom stereocenters. The monoisotopic (exact) mass is 351 g/mol. The number of pyridine rings is 1. The van der Waals surface area contributed by atoms with Crippen LogP contribution in [-0.4, -0.2) is 54.9 Å². The van der Waals surface area contributed by atoms with Gasteiger partial charge in [0.2, 0.25) is 0 Å². The number of benzene rings is 1. The van der Waals surface area contributed by atoms with Gasteiger partial charge in [0.15, 0.2) is 0 Å². The van der Waals surface area contributed by atoms with E-state index >= 15 is 0 Å². The van der Waals surface area contributed by atoms with Crippen LogP contribution in [0.2, 0.25) is 0 Å². The smallest absolute Gasteiger partial charge is 0.306 e. The average Bonchev–Trinajstić information content (AvgIpc) is 3.50. The van der Waals surface area contributed by atoms with E-state index in [1.165, 1.54) is 30.0 Å². The summed E-state index contributed by atoms with van der Waals surface area (Å²) in [6.45, 7) is 5.92. The molecule has 1 saturated heterocycles. The summed E-state index contributed by atoms with van der Waals surface area (Å²) in [5.74, 6) is 0.924. The fourth-order valence-corrected chi connectivity index (χ4v) is 4.21. The van der Waals surface area contributed by atoms with Gasteiger partial charge in [-0.2, -0.15) is 0 Å². The molecule has 0 bridgehead atoms. The summed E-state index contributed by atoms with van der Waals surface area (Å²) in [6.07, 6.45) is 3.49. The Hall–Kier alpha value is -2.27. The highest BCUT2D eigenvalue weighted by atomic mass is 16.5. The third-order valence-corrected chi connectivity index (χ3v) is 5.47. The summed E-state index contributed by atoms with van der Waals surface area (Å²) >= 11 is 0. The molecule has 1 aromatic carbocycles. The number of nitrogens with zero attached hydrogens (tertiary/aromatic N) is 3. The van der Waals surface area contributed by atoms with Gasteiger partial charge < -0.3 is 9.64 Å². The zero-order valence-electron chi connectivity index (χ0n) is 15.4. The predicted molar refractivity (Wildman–Crippen MR) is 103 cm³/mol. The minimum absolute atomic E-state index is 0.135. The van der Waals surface area contributed by atoms with E-state index in [0.29, 0.717) is 18.3 Å². The maximum absolute atomic E-state index is 11.5. The molecule has 1 fully saturated rings. The summed E-state index contributed by atoms with van der Waals surface area (Å²) in [5, 5.41) is 1.24. The summed E-state index contributed by atoms with van der Waals surface area (Å²) in [5.41, 5.74) is 4.78. The van der Waals surface area contributed by atoms with Gasteiger partial charge in [-0.15, -0.1) is 0 Å². The molecule has 4 rings (SSSR count). The summed E-state index contributed by atoms with van der Waals surface area (Å²) in [7, 11) is 1.45. The zero-order valence-corrected chi connectivity index (χ0v) is 15.4. The van der Waals surface area contributed by atoms with E-state index in [9.17, 15) is 4.79 Å². The Labute approximate surface area is 154 Å². The number of aliphatic imine (C=N–C) groups is 1. The number of rotatable bonds is 5. The van der Waals surface area contributed by atoms with Crippen LogP contribution in [0.15, 0.2) is 35.5 Å². The Balaban J connectivity index is 1.61. The van der Waals surface area contributed by atoms with Gasteiger partial charge in [0.1, 0.15) is 0 Å². The van der Waals surface area contributed by atoms with Crippen molar-refractivity contribution >= 4 is 22.6 Å². The molecular weight excluding hydrogens is 326 g/mol. The molecule has 5 nitrogen and oxygen atoms in total. The largest absolute Gasteiger partial charge is 0.469 e. The Morgan fingerprint density at radius 2 is 2.15 bits per heavy atom. The Kier molecular flexibility index (Phi) is 4.72. The topological polar surface area (TPSA) is 54.8 Å². The van der Waals surface area contributed by atoms with E-state index < -0.39 is 0 Å². The zero-order chi connectivity index (χ0) is 18.1. The number of likely N-dealkylation sites (tertiary alicyclic amines) is 1. The number of aromatic nitrogens is 1. The summed E-state index contributed by atoms with van der Waals surface area (Å²) in [4.78, 5) is 22.9. The first-order chi connectivity index (χ1) is 12.7. The highest BCUT2D eigenvalue weighted by molar-refractivity contribution is 6.17. The number of ether oxygens (including phenoxy) is 1. The molecule has 2 aliphatic heterocycles. The van der Waals surface area contributed by atoms with E-state index in [-0.39, 0.29) is 5.97 Å². The van der Waals surface area contributed by atoms with Crippen LogP contribution in [-0.2, 0) is 9.53 Å². The van der Waals surface area contributed by atoms with E-state index in [1.54, 1.807) is 0 Å². The van der Waals surface area contributed by atoms with Crippen LogP contribution in [0.4, 0.5) is 0 Å². The second-order valence-electron chi connectivity index (χ2n) is 7.49. The molecule has 2 aliphatic rings. The number of hydrogen-bond donors (Lipinski definition) is 0. The van der Waals surface area contributed by atoms with Crippen molar-refractivity contribution in [2.45, 2.75) is 25.7 Å². The Morgan fingerprint density at radius 3 is 2.92 bits per heavy atom. The molecular formula is C21H25N3O2. The third-order valence-electron chi connectivity index (χ3n) is 5.47. The van der Waals surface area contributed by atoms with Crippen LogP contribution in [0.5, 0.6) is 0 Å². The van der Waals surface area contributed by atoms with Crippen molar-refractivity contribution in [2.75, 3.05) is 33.3 Å². The summed E-state index contributed by atoms with van der Waals surface area (Å²) in [6, 6.07) is 8.66. The van der Waals surface area contributed by atoms with Gasteiger partial charge >= 0.3 is 5.97 Å². The van der Waals surface area contributed by atoms with Crippen LogP contribution in [0.3, 0.4) is 0 Å². The van der Waals surface area contributed by atoms with E-state index in [0.717, 1.165) is 37.4 Å². The van der Waals surface area contributed by atoms with Gasteiger partial charge in [-0.1, -0.05) is 25.1 Å². The molecule has 0 saturated carbocycles. The van der Waals surface area contributed by atoms with Crippen molar-refractivity contribution in [1.29, 1.82) is 0 Å². The van der Waals surface area contributed by atoms with Crippen LogP contribution in [0, 0.1) is 5.92 Å². The lowest BCUT2D eigenvalue weighted by molar-refractivity contribution is -0.141. The van der Waals surface area contributed by atoms with Crippen LogP contribution in [0.25, 0.3) is 10.9 Å². The molecule has 26 heavy (non-hydrogen) atoms. The SMILES string of the molecule is COC(=O)CCN1CC(C)CC(c2ccc(C3=NC3)c3ncccc23)C1. The molecule has 2 unspecified atom stereocenters. The molecule has 0 aliphatic carbocycles. The lowest BCUT2D eigenvalue weighted by atomic mass is 9.83. The van der Waals surface area contributed by atoms with Crippen LogP contribution in [0.1, 0.15) is 36.8 Å². The highest BCUT2D eigenvalue weighted by Gasteiger charge is 2.28. The minimum Gasteiger partial charge on any atom is -0.469 e. The lowest BCUT2D eigenvalue weighted by Crippen LogP contribution is -2.39. The number of esters is 1. The second kappa shape index (κ2) is 7.16. The first kappa shape index (κ1) is 17.2. The quantitative estimate of drug-likeness (QED) is 0.777. The summed E-state index contributed by atoms with van der Waals surface area (Å²) < 4.78 is 4.79. The molecule has 0 amide bonds. The maximum atomic E-state index is 11.5. The molecule has 0 radical (unpaired) electrons. The molecule has 0 spiro atoms. The predicted octanol–water partition coefficient (Wildman–Crippen LogP) is 3.03. The van der Waals surface area contributed by atoms with E-state index in [1.807, 2.05) is 12.3 Å². The average molecular weight is 351 g/mol. The van der Waals surface area contributed by atoms with Gasteiger partial charge in [0.05, 0.1) is 31.3 Å². The maximum Gasteiger partial charge on any atom is 0.306 e. The van der Waals surface area contributed by atoms with Gasteiger partial charge in [-0.05, 0) is 29.9 Å². The van der Waals surface area contributed by atoms with Gasteiger partial charge in [0, 0.05) is 36.8 Å². The van der Waals surface area contributed by atoms with E-state index in [4.69, 9.17) is 4.74 Å². The number of piperidine rings is 1. The van der Waals surface area contributed by atoms with Gasteiger partial charge in [-0.25, -0.2) is 0 Å². The molecule has 136 valence electrons. The fourth-order valence-electron chi connectivity index (χ4n) is 4.21. The molecule has 2 aromatic rings. The molecule has 1 aromatic heterocycles. The standard InChI is InChI=1S/C21H25N3O2/c1-14-10-15(13-24(12-14)9-7-20(25)26-2)16-5-6-18(19-11-23-19)21-17(16)4-3-8-22-21/h3-6,8,14-15H,7,9-13H2,1-2H3. The van der Waals surface area contributed by atoms with Crippen LogP contribution >= 0.6 is 0 Å². The first-order valence-corrected chi connectivity index (χ1v) is 9.36. The van der Waals surface area contributed by atoms with Crippen molar-refractivity contribution in [3.05, 3.63) is 41.6 Å². The molecule has 3 heterocycles. The van der Waals surface area contributed by atoms with Crippen LogP contribution < -0.4 is 0 Å². The number of hydrogen-bond acceptors (Lipinski definition) is 5. The van der Waals surface area contributed by atoms with Crippen molar-refractivity contribution in [2.24, 2.45) is 10.9 Å². The minimum atomic E-state index is -0.135. The molecule has 0 N–H and O–H groups in total. The van der Waals surface area contributed by atoms with Crippen molar-refractivity contribution in [3.8, 4) is 0 Å².